The number of carboxylic acid groups (broad SMARTS) is 1. The summed E-state index contributed by atoms with van der Waals surface area (Å²) in [6.45, 7) is 4.97. The van der Waals surface area contributed by atoms with Gasteiger partial charge in [0.1, 0.15) is 11.5 Å². The fraction of sp³-hybridized carbons (Fsp3) is 0.737. The van der Waals surface area contributed by atoms with Crippen molar-refractivity contribution >= 4 is 17.8 Å². The highest BCUT2D eigenvalue weighted by atomic mass is 16.4. The van der Waals surface area contributed by atoms with E-state index in [-0.39, 0.29) is 24.3 Å². The molecule has 0 saturated heterocycles. The fourth-order valence-corrected chi connectivity index (χ4v) is 2.48. The van der Waals surface area contributed by atoms with Gasteiger partial charge in [0.25, 0.3) is 5.91 Å². The largest absolute Gasteiger partial charge is 0.510 e. The Morgan fingerprint density at radius 1 is 0.926 bits per heavy atom. The van der Waals surface area contributed by atoms with Gasteiger partial charge in [0.15, 0.2) is 6.04 Å². The molecular weight excluding hydrogens is 352 g/mol. The summed E-state index contributed by atoms with van der Waals surface area (Å²) in [6.07, 6.45) is 6.31. The molecule has 2 atom stereocenters. The van der Waals surface area contributed by atoms with Crippen LogP contribution in [0.15, 0.2) is 11.5 Å². The summed E-state index contributed by atoms with van der Waals surface area (Å²) in [7, 11) is 0. The third-order valence-corrected chi connectivity index (χ3v) is 4.16. The Bertz CT molecular complexity index is 516. The second-order valence-electron chi connectivity index (χ2n) is 6.62. The molecule has 0 aromatic carbocycles. The number of rotatable bonds is 14. The van der Waals surface area contributed by atoms with Crippen molar-refractivity contribution in [1.29, 1.82) is 0 Å². The Balaban J connectivity index is 4.64. The quantitative estimate of drug-likeness (QED) is 0.177. The zero-order chi connectivity index (χ0) is 20.8. The second-order valence-corrected chi connectivity index (χ2v) is 6.62. The summed E-state index contributed by atoms with van der Waals surface area (Å²) in [6, 6.07) is -1.54. The lowest BCUT2D eigenvalue weighted by Gasteiger charge is -2.19. The van der Waals surface area contributed by atoms with Crippen molar-refractivity contribution in [2.24, 2.45) is 0 Å². The predicted molar refractivity (Wildman–Crippen MR) is 102 cm³/mol. The Morgan fingerprint density at radius 2 is 1.48 bits per heavy atom. The molecule has 0 aliphatic rings. The van der Waals surface area contributed by atoms with Crippen LogP contribution in [-0.4, -0.2) is 45.2 Å². The van der Waals surface area contributed by atoms with Crippen molar-refractivity contribution in [3.05, 3.63) is 11.5 Å². The standard InChI is InChI=1S/C19H34N2O6/c1-4-6-7-8-9-10-11-12-15(24)20-17(14(23)5-2)18(25)21-16(13(3)22)19(26)27/h13,16,22-23H,4-12H2,1-3H3,(H,20,24)(H,21,25)(H,26,27)/b17-14+. The maximum atomic E-state index is 12.3. The van der Waals surface area contributed by atoms with Crippen LogP contribution in [-0.2, 0) is 14.4 Å². The molecule has 0 aromatic rings. The number of carboxylic acids is 1. The van der Waals surface area contributed by atoms with E-state index in [9.17, 15) is 24.6 Å². The molecular formula is C19H34N2O6. The van der Waals surface area contributed by atoms with Gasteiger partial charge >= 0.3 is 5.97 Å². The van der Waals surface area contributed by atoms with Gasteiger partial charge in [0, 0.05) is 12.8 Å². The molecule has 0 aliphatic carbocycles. The number of allylic oxidation sites excluding steroid dienone is 1. The van der Waals surface area contributed by atoms with E-state index in [0.29, 0.717) is 6.42 Å². The highest BCUT2D eigenvalue weighted by Crippen LogP contribution is 2.10. The van der Waals surface area contributed by atoms with Gasteiger partial charge in [-0.15, -0.1) is 0 Å². The SMILES string of the molecule is CCCCCCCCCC(=O)N/C(C(=O)NC(C(=O)O)C(C)O)=C(/O)CC. The summed E-state index contributed by atoms with van der Waals surface area (Å²) in [5.74, 6) is -3.13. The lowest BCUT2D eigenvalue weighted by molar-refractivity contribution is -0.144. The summed E-state index contributed by atoms with van der Waals surface area (Å²) < 4.78 is 0. The van der Waals surface area contributed by atoms with E-state index in [0.717, 1.165) is 19.3 Å². The number of hydrogen-bond acceptors (Lipinski definition) is 5. The van der Waals surface area contributed by atoms with Crippen LogP contribution in [0.25, 0.3) is 0 Å². The van der Waals surface area contributed by atoms with Crippen molar-refractivity contribution in [1.82, 2.24) is 10.6 Å². The molecule has 0 rings (SSSR count). The van der Waals surface area contributed by atoms with Crippen LogP contribution in [0, 0.1) is 0 Å². The summed E-state index contributed by atoms with van der Waals surface area (Å²) in [5, 5.41) is 32.9. The van der Waals surface area contributed by atoms with Gasteiger partial charge in [-0.25, -0.2) is 4.79 Å². The lowest BCUT2D eigenvalue weighted by Crippen LogP contribution is -2.50. The third-order valence-electron chi connectivity index (χ3n) is 4.16. The first-order valence-electron chi connectivity index (χ1n) is 9.68. The van der Waals surface area contributed by atoms with E-state index in [2.05, 4.69) is 17.6 Å². The van der Waals surface area contributed by atoms with Gasteiger partial charge in [-0.2, -0.15) is 0 Å². The molecule has 0 aliphatic heterocycles. The molecule has 0 spiro atoms. The van der Waals surface area contributed by atoms with Gasteiger partial charge in [0.05, 0.1) is 6.10 Å². The van der Waals surface area contributed by atoms with Crippen LogP contribution in [0.1, 0.15) is 78.6 Å². The molecule has 2 amide bonds. The average molecular weight is 386 g/mol. The lowest BCUT2D eigenvalue weighted by atomic mass is 10.1. The fourth-order valence-electron chi connectivity index (χ4n) is 2.48. The number of aliphatic hydroxyl groups is 2. The zero-order valence-corrected chi connectivity index (χ0v) is 16.6. The van der Waals surface area contributed by atoms with Gasteiger partial charge in [-0.1, -0.05) is 52.4 Å². The topological polar surface area (TPSA) is 136 Å². The van der Waals surface area contributed by atoms with E-state index in [1.165, 1.54) is 26.2 Å². The molecule has 8 nitrogen and oxygen atoms in total. The number of amides is 2. The molecule has 0 aromatic heterocycles. The van der Waals surface area contributed by atoms with Crippen molar-refractivity contribution < 1.29 is 29.7 Å². The predicted octanol–water partition coefficient (Wildman–Crippen LogP) is 2.37. The van der Waals surface area contributed by atoms with Crippen molar-refractivity contribution in [3.8, 4) is 0 Å². The van der Waals surface area contributed by atoms with Crippen LogP contribution < -0.4 is 10.6 Å². The first-order valence-corrected chi connectivity index (χ1v) is 9.68. The first kappa shape index (κ1) is 24.9. The van der Waals surface area contributed by atoms with Crippen LogP contribution in [0.5, 0.6) is 0 Å². The van der Waals surface area contributed by atoms with Crippen LogP contribution in [0.4, 0.5) is 0 Å². The van der Waals surface area contributed by atoms with Crippen molar-refractivity contribution in [3.63, 3.8) is 0 Å². The zero-order valence-electron chi connectivity index (χ0n) is 16.6. The van der Waals surface area contributed by atoms with E-state index < -0.39 is 29.9 Å². The number of aliphatic carboxylic acids is 1. The highest BCUT2D eigenvalue weighted by molar-refractivity contribution is 5.99. The van der Waals surface area contributed by atoms with E-state index in [1.54, 1.807) is 6.92 Å². The maximum Gasteiger partial charge on any atom is 0.328 e. The summed E-state index contributed by atoms with van der Waals surface area (Å²) in [5.41, 5.74) is -0.377. The number of aliphatic hydroxyl groups excluding tert-OH is 2. The minimum Gasteiger partial charge on any atom is -0.510 e. The van der Waals surface area contributed by atoms with Crippen LogP contribution >= 0.6 is 0 Å². The minimum absolute atomic E-state index is 0.0902. The van der Waals surface area contributed by atoms with E-state index in [1.807, 2.05) is 0 Å². The Kier molecular flexibility index (Phi) is 12.9. The minimum atomic E-state index is -1.54. The molecule has 0 bridgehead atoms. The average Bonchev–Trinajstić information content (AvgIpc) is 2.61. The molecule has 0 heterocycles. The normalized spacial score (nSPS) is 14.1. The Hall–Kier alpha value is -2.09. The van der Waals surface area contributed by atoms with Gasteiger partial charge < -0.3 is 26.0 Å². The smallest absolute Gasteiger partial charge is 0.328 e. The van der Waals surface area contributed by atoms with Crippen LogP contribution in [0.2, 0.25) is 0 Å². The second kappa shape index (κ2) is 14.0. The monoisotopic (exact) mass is 386 g/mol. The molecule has 5 N–H and O–H groups in total. The molecule has 8 heteroatoms. The number of carbonyl (C=O) groups excluding carboxylic acids is 2. The summed E-state index contributed by atoms with van der Waals surface area (Å²) in [4.78, 5) is 35.4. The molecule has 0 saturated carbocycles. The third kappa shape index (κ3) is 10.6. The van der Waals surface area contributed by atoms with E-state index >= 15 is 0 Å². The molecule has 0 radical (unpaired) electrons. The van der Waals surface area contributed by atoms with Crippen LogP contribution in [0.3, 0.4) is 0 Å². The Morgan fingerprint density at radius 3 is 1.96 bits per heavy atom. The maximum absolute atomic E-state index is 12.3. The summed E-state index contributed by atoms with van der Waals surface area (Å²) >= 11 is 0. The number of carbonyl (C=O) groups is 3. The van der Waals surface area contributed by atoms with E-state index in [4.69, 9.17) is 5.11 Å². The van der Waals surface area contributed by atoms with Gasteiger partial charge in [0.2, 0.25) is 5.91 Å². The number of nitrogens with one attached hydrogen (secondary N) is 2. The van der Waals surface area contributed by atoms with Crippen molar-refractivity contribution in [2.45, 2.75) is 90.7 Å². The molecule has 156 valence electrons. The first-order chi connectivity index (χ1) is 12.7. The molecule has 2 unspecified atom stereocenters. The molecule has 0 fully saturated rings. The van der Waals surface area contributed by atoms with Gasteiger partial charge in [-0.05, 0) is 13.3 Å². The highest BCUT2D eigenvalue weighted by Gasteiger charge is 2.28. The van der Waals surface area contributed by atoms with Gasteiger partial charge in [-0.3, -0.25) is 9.59 Å². The molecule has 27 heavy (non-hydrogen) atoms. The van der Waals surface area contributed by atoms with Crippen molar-refractivity contribution in [2.75, 3.05) is 0 Å². The Labute approximate surface area is 161 Å². The number of unbranched alkanes of at least 4 members (excludes halogenated alkanes) is 6. The number of hydrogen-bond donors (Lipinski definition) is 5.